The molecule has 4 amide bonds. The Hall–Kier alpha value is -2.00. The van der Waals surface area contributed by atoms with E-state index in [0.29, 0.717) is 19.3 Å². The summed E-state index contributed by atoms with van der Waals surface area (Å²) in [5, 5.41) is 49.5. The van der Waals surface area contributed by atoms with E-state index in [2.05, 4.69) is 13.8 Å². The zero-order valence-corrected chi connectivity index (χ0v) is 45.7. The van der Waals surface area contributed by atoms with Gasteiger partial charge in [-0.25, -0.2) is 0 Å². The summed E-state index contributed by atoms with van der Waals surface area (Å²) in [6.07, 6.45) is 38.6. The first-order valence-corrected chi connectivity index (χ1v) is 29.8. The molecule has 13 heteroatoms. The molecule has 1 fully saturated rings. The molecule has 5 atom stereocenters. The molecule has 0 aromatic heterocycles. The van der Waals surface area contributed by atoms with Crippen LogP contribution in [0.25, 0.3) is 0 Å². The summed E-state index contributed by atoms with van der Waals surface area (Å²) in [5.74, 6) is -0.706. The SMILES string of the molecule is CCCCCCCCCCCC(=O)N(CCO)C(=O)CCCCCCCCCCCCCCCCCCCCCCC(=O)N(CCO[C@@H]1O[C@H](CO)[C@H](O)[C@H](O)[C@H]1O)C(=O)CCCCCCCCCCC. The van der Waals surface area contributed by atoms with E-state index >= 15 is 0 Å². The van der Waals surface area contributed by atoms with Crippen molar-refractivity contribution in [1.82, 2.24) is 9.80 Å². The third-order valence-corrected chi connectivity index (χ3v) is 14.5. The van der Waals surface area contributed by atoms with E-state index in [9.17, 15) is 44.7 Å². The van der Waals surface area contributed by atoms with Crippen LogP contribution < -0.4 is 0 Å². The monoisotopic (exact) mass is 1010 g/mol. The maximum Gasteiger partial charge on any atom is 0.229 e. The molecular weight excluding hydrogens is 901 g/mol. The van der Waals surface area contributed by atoms with Crippen LogP contribution in [0.1, 0.15) is 284 Å². The normalized spacial score (nSPS) is 18.0. The Kier molecular flexibility index (Phi) is 45.0. The Labute approximate surface area is 433 Å². The number of carbonyl (C=O) groups is 4. The van der Waals surface area contributed by atoms with Crippen LogP contribution in [-0.2, 0) is 28.7 Å². The van der Waals surface area contributed by atoms with Crippen molar-refractivity contribution in [2.45, 2.75) is 314 Å². The molecule has 5 N–H and O–H groups in total. The van der Waals surface area contributed by atoms with Gasteiger partial charge >= 0.3 is 0 Å². The summed E-state index contributed by atoms with van der Waals surface area (Å²) in [6.45, 7) is 3.71. The lowest BCUT2D eigenvalue weighted by atomic mass is 9.99. The van der Waals surface area contributed by atoms with Crippen LogP contribution in [0.4, 0.5) is 0 Å². The van der Waals surface area contributed by atoms with Crippen molar-refractivity contribution in [3.63, 3.8) is 0 Å². The lowest BCUT2D eigenvalue weighted by Gasteiger charge is -2.39. The lowest BCUT2D eigenvalue weighted by Crippen LogP contribution is -2.59. The van der Waals surface area contributed by atoms with Gasteiger partial charge < -0.3 is 35.0 Å². The quantitative estimate of drug-likeness (QED) is 0.0364. The fraction of sp³-hybridized carbons (Fsp3) is 0.931. The third-order valence-electron chi connectivity index (χ3n) is 14.5. The minimum Gasteiger partial charge on any atom is -0.395 e. The zero-order valence-electron chi connectivity index (χ0n) is 45.7. The minimum absolute atomic E-state index is 0.00259. The van der Waals surface area contributed by atoms with Gasteiger partial charge in [-0.1, -0.05) is 232 Å². The molecule has 0 bridgehead atoms. The number of hydrogen-bond donors (Lipinski definition) is 5. The number of nitrogens with zero attached hydrogens (tertiary/aromatic N) is 2. The molecule has 1 saturated heterocycles. The number of aliphatic hydroxyl groups excluding tert-OH is 5. The molecule has 13 nitrogen and oxygen atoms in total. The Morgan fingerprint density at radius 1 is 0.380 bits per heavy atom. The highest BCUT2D eigenvalue weighted by molar-refractivity contribution is 5.95. The summed E-state index contributed by atoms with van der Waals surface area (Å²) in [5.41, 5.74) is 0. The third kappa shape index (κ3) is 35.0. The average molecular weight is 1010 g/mol. The highest BCUT2D eigenvalue weighted by atomic mass is 16.7. The van der Waals surface area contributed by atoms with Crippen LogP contribution in [0.2, 0.25) is 0 Å². The smallest absolute Gasteiger partial charge is 0.229 e. The lowest BCUT2D eigenvalue weighted by molar-refractivity contribution is -0.301. The van der Waals surface area contributed by atoms with Gasteiger partial charge in [-0.05, 0) is 25.7 Å². The van der Waals surface area contributed by atoms with Crippen molar-refractivity contribution in [3.8, 4) is 0 Å². The van der Waals surface area contributed by atoms with Gasteiger partial charge in [0.2, 0.25) is 23.6 Å². The fourth-order valence-electron chi connectivity index (χ4n) is 9.79. The number of unbranched alkanes of at least 4 members (excludes halogenated alkanes) is 35. The first kappa shape index (κ1) is 67.0. The van der Waals surface area contributed by atoms with E-state index in [-0.39, 0.29) is 62.8 Å². The van der Waals surface area contributed by atoms with Crippen molar-refractivity contribution in [2.75, 3.05) is 32.9 Å². The van der Waals surface area contributed by atoms with Gasteiger partial charge in [0.25, 0.3) is 0 Å². The predicted octanol–water partition coefficient (Wildman–Crippen LogP) is 11.9. The topological polar surface area (TPSA) is 194 Å². The molecule has 0 aromatic rings. The van der Waals surface area contributed by atoms with Gasteiger partial charge in [-0.3, -0.25) is 29.0 Å². The molecule has 0 aliphatic carbocycles. The van der Waals surface area contributed by atoms with Crippen LogP contribution in [0.15, 0.2) is 0 Å². The maximum absolute atomic E-state index is 13.3. The van der Waals surface area contributed by atoms with E-state index < -0.39 is 37.3 Å². The number of carbonyl (C=O) groups excluding carboxylic acids is 4. The standard InChI is InChI=1S/C58H110N2O11/c1-3-5-7-9-11-25-29-33-37-41-51(63)59(45-47-61)52(64)42-38-34-31-27-23-21-19-17-15-13-14-16-18-20-22-24-28-32-36-40-44-54(66)60(53(65)43-39-35-30-26-12-10-8-6-4-2)46-48-70-58-57(69)56(68)55(67)50(49-62)71-58/h50,55-58,61-62,67-69H,3-49H2,1-2H3/t50-,55+,56+,57-,58-/m1/s1. The first-order valence-electron chi connectivity index (χ1n) is 29.8. The number of aliphatic hydroxyl groups is 5. The summed E-state index contributed by atoms with van der Waals surface area (Å²) in [6, 6.07) is 0. The number of amides is 4. The van der Waals surface area contributed by atoms with Crippen LogP contribution in [-0.4, -0.2) is 123 Å². The summed E-state index contributed by atoms with van der Waals surface area (Å²) in [7, 11) is 0. The molecule has 0 radical (unpaired) electrons. The van der Waals surface area contributed by atoms with E-state index in [0.717, 1.165) is 83.5 Å². The number of hydrogen-bond acceptors (Lipinski definition) is 11. The van der Waals surface area contributed by atoms with Crippen molar-refractivity contribution < 1.29 is 54.2 Å². The molecular formula is C58H110N2O11. The van der Waals surface area contributed by atoms with Crippen molar-refractivity contribution in [3.05, 3.63) is 0 Å². The molecule has 71 heavy (non-hydrogen) atoms. The van der Waals surface area contributed by atoms with Crippen LogP contribution >= 0.6 is 0 Å². The van der Waals surface area contributed by atoms with Crippen LogP contribution in [0.5, 0.6) is 0 Å². The molecule has 1 aliphatic rings. The van der Waals surface area contributed by atoms with Crippen LogP contribution in [0, 0.1) is 0 Å². The molecule has 1 aliphatic heterocycles. The fourth-order valence-corrected chi connectivity index (χ4v) is 9.79. The van der Waals surface area contributed by atoms with E-state index in [1.54, 1.807) is 0 Å². The van der Waals surface area contributed by atoms with E-state index in [1.165, 1.54) is 164 Å². The van der Waals surface area contributed by atoms with Gasteiger partial charge in [0, 0.05) is 25.7 Å². The van der Waals surface area contributed by atoms with Crippen molar-refractivity contribution >= 4 is 23.6 Å². The second-order valence-electron chi connectivity index (χ2n) is 20.9. The number of ether oxygens (including phenoxy) is 2. The van der Waals surface area contributed by atoms with Gasteiger partial charge in [0.05, 0.1) is 32.9 Å². The average Bonchev–Trinajstić information content (AvgIpc) is 3.36. The first-order chi connectivity index (χ1) is 34.6. The highest BCUT2D eigenvalue weighted by Gasteiger charge is 2.44. The molecule has 0 saturated carbocycles. The minimum atomic E-state index is -1.56. The maximum atomic E-state index is 13.3. The molecule has 1 rings (SSSR count). The van der Waals surface area contributed by atoms with Crippen molar-refractivity contribution in [2.24, 2.45) is 0 Å². The Bertz CT molecular complexity index is 1270. The van der Waals surface area contributed by atoms with Crippen LogP contribution in [0.3, 0.4) is 0 Å². The second kappa shape index (κ2) is 47.7. The summed E-state index contributed by atoms with van der Waals surface area (Å²) >= 11 is 0. The van der Waals surface area contributed by atoms with Crippen molar-refractivity contribution in [1.29, 1.82) is 0 Å². The van der Waals surface area contributed by atoms with Gasteiger partial charge in [-0.2, -0.15) is 0 Å². The van der Waals surface area contributed by atoms with E-state index in [1.807, 2.05) is 0 Å². The zero-order chi connectivity index (χ0) is 52.0. The Morgan fingerprint density at radius 2 is 0.648 bits per heavy atom. The van der Waals surface area contributed by atoms with Gasteiger partial charge in [0.15, 0.2) is 6.29 Å². The second-order valence-corrected chi connectivity index (χ2v) is 20.9. The highest BCUT2D eigenvalue weighted by Crippen LogP contribution is 2.23. The Balaban J connectivity index is 2.12. The number of rotatable bonds is 50. The summed E-state index contributed by atoms with van der Waals surface area (Å²) in [4.78, 5) is 54.7. The van der Waals surface area contributed by atoms with Gasteiger partial charge in [-0.15, -0.1) is 0 Å². The largest absolute Gasteiger partial charge is 0.395 e. The van der Waals surface area contributed by atoms with E-state index in [4.69, 9.17) is 9.47 Å². The molecule has 0 aromatic carbocycles. The predicted molar refractivity (Wildman–Crippen MR) is 286 cm³/mol. The molecule has 418 valence electrons. The Morgan fingerprint density at radius 3 is 0.915 bits per heavy atom. The summed E-state index contributed by atoms with van der Waals surface area (Å²) < 4.78 is 11.1. The molecule has 0 unspecified atom stereocenters. The molecule has 0 spiro atoms. The molecule has 1 heterocycles. The van der Waals surface area contributed by atoms with Gasteiger partial charge in [0.1, 0.15) is 24.4 Å². The number of imide groups is 2.